The van der Waals surface area contributed by atoms with E-state index >= 15 is 0 Å². The van der Waals surface area contributed by atoms with E-state index in [1.165, 1.54) is 6.26 Å². The zero-order chi connectivity index (χ0) is 33.8. The molecule has 0 spiro atoms. The predicted molar refractivity (Wildman–Crippen MR) is 179 cm³/mol. The number of benzene rings is 1. The van der Waals surface area contributed by atoms with Crippen molar-refractivity contribution in [3.05, 3.63) is 72.0 Å². The minimum Gasteiger partial charge on any atom is -0.464 e. The largest absolute Gasteiger partial charge is 0.464 e. The number of hydrogen-bond acceptors (Lipinski definition) is 6. The molecule has 48 heavy (non-hydrogen) atoms. The molecule has 7 rings (SSSR count). The highest BCUT2D eigenvalue weighted by Crippen LogP contribution is 2.52. The summed E-state index contributed by atoms with van der Waals surface area (Å²) in [5, 5.41) is 4.08. The zero-order valence-electron chi connectivity index (χ0n) is 28.0. The van der Waals surface area contributed by atoms with Gasteiger partial charge >= 0.3 is 0 Å². The molecule has 0 saturated carbocycles. The van der Waals surface area contributed by atoms with Crippen molar-refractivity contribution in [2.75, 3.05) is 32.7 Å². The molecule has 0 bridgehead atoms. The maximum atomic E-state index is 14.8. The fourth-order valence-electron chi connectivity index (χ4n) is 8.20. The molecule has 3 aliphatic rings. The molecule has 4 amide bonds. The van der Waals surface area contributed by atoms with E-state index in [-0.39, 0.29) is 42.2 Å². The van der Waals surface area contributed by atoms with Crippen molar-refractivity contribution in [3.8, 4) is 11.3 Å². The number of carbonyl (C=O) groups is 4. The van der Waals surface area contributed by atoms with Crippen LogP contribution >= 0.6 is 0 Å². The number of nitrogens with one attached hydrogen (secondary N) is 2. The lowest BCUT2D eigenvalue weighted by Crippen LogP contribution is -2.66. The Balaban J connectivity index is 1.25. The van der Waals surface area contributed by atoms with Gasteiger partial charge in [0.15, 0.2) is 5.76 Å². The van der Waals surface area contributed by atoms with E-state index in [4.69, 9.17) is 8.83 Å². The third-order valence-corrected chi connectivity index (χ3v) is 10.3. The van der Waals surface area contributed by atoms with Crippen LogP contribution in [0.15, 0.2) is 63.8 Å². The number of H-pyrrole nitrogens is 1. The number of fused-ring (bicyclic) bond motifs is 5. The lowest BCUT2D eigenvalue weighted by atomic mass is 9.65. The molecule has 11 nitrogen and oxygen atoms in total. The second-order valence-electron chi connectivity index (χ2n) is 14.3. The first-order valence-electron chi connectivity index (χ1n) is 16.9. The molecule has 11 heteroatoms. The van der Waals surface area contributed by atoms with Crippen LogP contribution in [0, 0.1) is 11.8 Å². The van der Waals surface area contributed by atoms with Crippen LogP contribution in [0.3, 0.4) is 0 Å². The maximum absolute atomic E-state index is 14.8. The van der Waals surface area contributed by atoms with Gasteiger partial charge in [-0.15, -0.1) is 0 Å². The van der Waals surface area contributed by atoms with E-state index in [9.17, 15) is 19.2 Å². The number of piperazine rings is 1. The molecule has 252 valence electrons. The van der Waals surface area contributed by atoms with Crippen LogP contribution in [0.1, 0.15) is 68.8 Å². The number of aromatic nitrogens is 1. The summed E-state index contributed by atoms with van der Waals surface area (Å²) in [6.45, 7) is 9.75. The number of hydrogen-bond donors (Lipinski definition) is 2. The number of aromatic amines is 1. The highest BCUT2D eigenvalue weighted by Gasteiger charge is 2.59. The summed E-state index contributed by atoms with van der Waals surface area (Å²) < 4.78 is 11.0. The van der Waals surface area contributed by atoms with Crippen molar-refractivity contribution in [1.29, 1.82) is 0 Å². The number of rotatable bonds is 6. The molecule has 4 aromatic rings. The van der Waals surface area contributed by atoms with Gasteiger partial charge in [0.2, 0.25) is 17.7 Å². The maximum Gasteiger partial charge on any atom is 0.289 e. The smallest absolute Gasteiger partial charge is 0.289 e. The Kier molecular flexibility index (Phi) is 7.96. The molecule has 2 N–H and O–H groups in total. The van der Waals surface area contributed by atoms with E-state index in [1.807, 2.05) is 55.7 Å². The summed E-state index contributed by atoms with van der Waals surface area (Å²) in [6, 6.07) is 13.3. The first-order valence-corrected chi connectivity index (χ1v) is 16.9. The minimum atomic E-state index is -0.913. The van der Waals surface area contributed by atoms with Crippen LogP contribution in [0.25, 0.3) is 22.2 Å². The van der Waals surface area contributed by atoms with Crippen molar-refractivity contribution in [1.82, 2.24) is 25.0 Å². The molecule has 0 aliphatic carbocycles. The van der Waals surface area contributed by atoms with Crippen molar-refractivity contribution < 1.29 is 28.0 Å². The van der Waals surface area contributed by atoms with E-state index < -0.39 is 22.9 Å². The summed E-state index contributed by atoms with van der Waals surface area (Å²) in [5.74, 6) is -0.700. The fraction of sp³-hybridized carbons (Fsp3) is 0.459. The minimum absolute atomic E-state index is 0.0215. The van der Waals surface area contributed by atoms with Gasteiger partial charge in [-0.1, -0.05) is 19.1 Å². The molecule has 2 saturated heterocycles. The Morgan fingerprint density at radius 3 is 2.38 bits per heavy atom. The van der Waals surface area contributed by atoms with Crippen LogP contribution in [-0.2, 0) is 26.3 Å². The van der Waals surface area contributed by atoms with Crippen molar-refractivity contribution in [3.63, 3.8) is 0 Å². The van der Waals surface area contributed by atoms with Gasteiger partial charge in [-0.3, -0.25) is 19.2 Å². The van der Waals surface area contributed by atoms with E-state index in [2.05, 4.69) is 22.4 Å². The van der Waals surface area contributed by atoms with Crippen molar-refractivity contribution in [2.24, 2.45) is 11.8 Å². The number of nitrogens with zero attached hydrogens (tertiary/aromatic N) is 3. The molecule has 3 aliphatic heterocycles. The first-order chi connectivity index (χ1) is 23.0. The number of piperidine rings is 1. The SMILES string of the molecule is CC[C@]12c3[nH]c4cc(-c5ccco5)ccc4c3CCN1C(=O)[C@@H](CC(=O)NC(C)(C)C)C[C@@H]2C(=O)N1CCN(C(=O)c2ccco2)CC1. The lowest BCUT2D eigenvalue weighted by Gasteiger charge is -2.56. The monoisotopic (exact) mass is 653 g/mol. The van der Waals surface area contributed by atoms with Gasteiger partial charge in [0.05, 0.1) is 24.0 Å². The first kappa shape index (κ1) is 31.8. The Bertz CT molecular complexity index is 1840. The molecular weight excluding hydrogens is 610 g/mol. The highest BCUT2D eigenvalue weighted by molar-refractivity contribution is 5.94. The Morgan fingerprint density at radius 2 is 1.71 bits per heavy atom. The van der Waals surface area contributed by atoms with Crippen LogP contribution in [0.5, 0.6) is 0 Å². The third-order valence-electron chi connectivity index (χ3n) is 10.3. The van der Waals surface area contributed by atoms with Gasteiger partial charge < -0.3 is 33.8 Å². The van der Waals surface area contributed by atoms with Gasteiger partial charge in [-0.25, -0.2) is 0 Å². The van der Waals surface area contributed by atoms with Gasteiger partial charge in [0, 0.05) is 72.8 Å². The van der Waals surface area contributed by atoms with E-state index in [1.54, 1.807) is 23.3 Å². The summed E-state index contributed by atoms with van der Waals surface area (Å²) >= 11 is 0. The molecule has 2 fully saturated rings. The number of amides is 4. The fourth-order valence-corrected chi connectivity index (χ4v) is 8.20. The average Bonchev–Trinajstić information content (AvgIpc) is 3.86. The molecule has 0 radical (unpaired) electrons. The molecule has 1 aromatic carbocycles. The Hall–Kier alpha value is -4.80. The molecule has 0 unspecified atom stereocenters. The lowest BCUT2D eigenvalue weighted by molar-refractivity contribution is -0.167. The predicted octanol–water partition coefficient (Wildman–Crippen LogP) is 4.94. The number of furan rings is 2. The molecule has 6 heterocycles. The Labute approximate surface area is 279 Å². The van der Waals surface area contributed by atoms with Gasteiger partial charge in [-0.2, -0.15) is 0 Å². The quantitative estimate of drug-likeness (QED) is 0.303. The van der Waals surface area contributed by atoms with E-state index in [0.29, 0.717) is 45.6 Å². The third kappa shape index (κ3) is 5.38. The molecule has 3 atom stereocenters. The average molecular weight is 654 g/mol. The van der Waals surface area contributed by atoms with Crippen LogP contribution < -0.4 is 5.32 Å². The normalized spacial score (nSPS) is 22.8. The van der Waals surface area contributed by atoms with Crippen LogP contribution in [-0.4, -0.2) is 81.6 Å². The van der Waals surface area contributed by atoms with Crippen LogP contribution in [0.4, 0.5) is 0 Å². The zero-order valence-corrected chi connectivity index (χ0v) is 28.0. The van der Waals surface area contributed by atoms with Gasteiger partial charge in [0.1, 0.15) is 5.76 Å². The van der Waals surface area contributed by atoms with E-state index in [0.717, 1.165) is 33.5 Å². The van der Waals surface area contributed by atoms with Crippen molar-refractivity contribution >= 4 is 34.5 Å². The van der Waals surface area contributed by atoms with Crippen molar-refractivity contribution in [2.45, 2.75) is 64.5 Å². The Morgan fingerprint density at radius 1 is 0.979 bits per heavy atom. The second-order valence-corrected chi connectivity index (χ2v) is 14.3. The van der Waals surface area contributed by atoms with Gasteiger partial charge in [-0.05, 0) is 75.9 Å². The van der Waals surface area contributed by atoms with Gasteiger partial charge in [0.25, 0.3) is 5.91 Å². The summed E-state index contributed by atoms with van der Waals surface area (Å²) in [6.07, 6.45) is 4.57. The summed E-state index contributed by atoms with van der Waals surface area (Å²) in [7, 11) is 0. The number of carbonyl (C=O) groups excluding carboxylic acids is 4. The molecule has 3 aromatic heterocycles. The second kappa shape index (κ2) is 12.0. The van der Waals surface area contributed by atoms with Crippen LogP contribution in [0.2, 0.25) is 0 Å². The highest BCUT2D eigenvalue weighted by atomic mass is 16.3. The summed E-state index contributed by atoms with van der Waals surface area (Å²) in [4.78, 5) is 64.5. The molecular formula is C37H43N5O6. The topological polar surface area (TPSA) is 132 Å². The standard InChI is InChI=1S/C37H43N5O6/c1-5-37-27(34(45)40-14-16-41(17-15-40)35(46)30-9-7-19-48-30)20-24(22-31(43)39-36(2,3)4)33(44)42(37)13-12-26-25-11-10-23(29-8-6-18-47-29)21-28(25)38-32(26)37/h6-11,18-19,21,24,27,38H,5,12-17,20,22H2,1-4H3,(H,39,43)/t24-,27-,37+/m1/s1. The summed E-state index contributed by atoms with van der Waals surface area (Å²) in [5.41, 5.74) is 2.54.